The molecule has 1 atom stereocenters. The number of hydrogen-bond acceptors (Lipinski definition) is 4. The number of aliphatic carboxylic acids is 1. The number of nitrogens with zero attached hydrogens (tertiary/aromatic N) is 2. The number of benzene rings is 1. The van der Waals surface area contributed by atoms with E-state index in [-0.39, 0.29) is 11.4 Å². The molecule has 138 valence electrons. The van der Waals surface area contributed by atoms with Crippen LogP contribution in [0.15, 0.2) is 24.4 Å². The number of amides is 1. The number of carboxylic acids is 1. The summed E-state index contributed by atoms with van der Waals surface area (Å²) in [6, 6.07) is 3.43. The highest BCUT2D eigenvalue weighted by molar-refractivity contribution is 6.32. The standard InChI is InChI=1S/C18H20ClN3O4/c1-26-14-6-5-11(8-13(14)19)17(18(24)25)21-16(23)9-12-10-22-7-3-2-4-15(22)20-12/h5-6,8,10,17H,2-4,7,9H2,1H3,(H,21,23)(H,24,25). The molecule has 26 heavy (non-hydrogen) atoms. The van der Waals surface area contributed by atoms with E-state index in [0.717, 1.165) is 31.6 Å². The summed E-state index contributed by atoms with van der Waals surface area (Å²) >= 11 is 6.06. The largest absolute Gasteiger partial charge is 0.495 e. The average molecular weight is 378 g/mol. The zero-order chi connectivity index (χ0) is 18.7. The van der Waals surface area contributed by atoms with Gasteiger partial charge in [0, 0.05) is 19.2 Å². The Balaban J connectivity index is 1.71. The van der Waals surface area contributed by atoms with Gasteiger partial charge in [0.25, 0.3) is 0 Å². The number of carboxylic acid groups (broad SMARTS) is 1. The minimum Gasteiger partial charge on any atom is -0.495 e. The van der Waals surface area contributed by atoms with Crippen molar-refractivity contribution in [3.8, 4) is 5.75 Å². The van der Waals surface area contributed by atoms with E-state index in [0.29, 0.717) is 17.0 Å². The van der Waals surface area contributed by atoms with Crippen LogP contribution in [-0.2, 0) is 29.0 Å². The molecule has 1 amide bonds. The van der Waals surface area contributed by atoms with Crippen LogP contribution in [0.2, 0.25) is 5.02 Å². The number of fused-ring (bicyclic) bond motifs is 1. The lowest BCUT2D eigenvalue weighted by Crippen LogP contribution is -2.34. The summed E-state index contributed by atoms with van der Waals surface area (Å²) in [4.78, 5) is 28.4. The summed E-state index contributed by atoms with van der Waals surface area (Å²) < 4.78 is 7.12. The summed E-state index contributed by atoms with van der Waals surface area (Å²) in [5, 5.41) is 12.3. The molecule has 0 bridgehead atoms. The Hall–Kier alpha value is -2.54. The Morgan fingerprint density at radius 1 is 1.42 bits per heavy atom. The maximum absolute atomic E-state index is 12.3. The van der Waals surface area contributed by atoms with E-state index in [1.54, 1.807) is 12.1 Å². The van der Waals surface area contributed by atoms with Crippen molar-refractivity contribution in [2.45, 2.75) is 38.3 Å². The number of methoxy groups -OCH3 is 1. The maximum atomic E-state index is 12.3. The Morgan fingerprint density at radius 2 is 2.23 bits per heavy atom. The van der Waals surface area contributed by atoms with Crippen LogP contribution >= 0.6 is 11.6 Å². The lowest BCUT2D eigenvalue weighted by molar-refractivity contribution is -0.142. The molecule has 1 unspecified atom stereocenters. The molecule has 0 spiro atoms. The van der Waals surface area contributed by atoms with Gasteiger partial charge in [0.15, 0.2) is 6.04 Å². The van der Waals surface area contributed by atoms with Crippen molar-refractivity contribution in [2.75, 3.05) is 7.11 Å². The molecular weight excluding hydrogens is 358 g/mol. The van der Waals surface area contributed by atoms with Gasteiger partial charge >= 0.3 is 5.97 Å². The fourth-order valence-electron chi connectivity index (χ4n) is 3.08. The third kappa shape index (κ3) is 3.99. The van der Waals surface area contributed by atoms with E-state index in [1.807, 2.05) is 6.20 Å². The van der Waals surface area contributed by atoms with Crippen molar-refractivity contribution >= 4 is 23.5 Å². The minimum absolute atomic E-state index is 0.0354. The molecule has 0 radical (unpaired) electrons. The maximum Gasteiger partial charge on any atom is 0.330 e. The van der Waals surface area contributed by atoms with Crippen LogP contribution < -0.4 is 10.1 Å². The summed E-state index contributed by atoms with van der Waals surface area (Å²) in [5.41, 5.74) is 1.03. The van der Waals surface area contributed by atoms with E-state index >= 15 is 0 Å². The summed E-state index contributed by atoms with van der Waals surface area (Å²) in [6.07, 6.45) is 5.02. The van der Waals surface area contributed by atoms with Crippen LogP contribution in [0.5, 0.6) is 5.75 Å². The van der Waals surface area contributed by atoms with Crippen LogP contribution in [0.25, 0.3) is 0 Å². The monoisotopic (exact) mass is 377 g/mol. The predicted octanol–water partition coefficient (Wildman–Crippen LogP) is 2.37. The normalized spacial score (nSPS) is 14.4. The van der Waals surface area contributed by atoms with Crippen molar-refractivity contribution in [1.82, 2.24) is 14.9 Å². The fraction of sp³-hybridized carbons (Fsp3) is 0.389. The van der Waals surface area contributed by atoms with Gasteiger partial charge in [0.1, 0.15) is 11.6 Å². The average Bonchev–Trinajstić information content (AvgIpc) is 3.01. The van der Waals surface area contributed by atoms with Gasteiger partial charge in [-0.15, -0.1) is 0 Å². The first-order chi connectivity index (χ1) is 12.5. The lowest BCUT2D eigenvalue weighted by Gasteiger charge is -2.15. The lowest BCUT2D eigenvalue weighted by atomic mass is 10.1. The number of halogens is 1. The van der Waals surface area contributed by atoms with Gasteiger partial charge in [-0.2, -0.15) is 0 Å². The first-order valence-corrected chi connectivity index (χ1v) is 8.76. The van der Waals surface area contributed by atoms with Crippen molar-refractivity contribution in [3.63, 3.8) is 0 Å². The third-order valence-corrected chi connectivity index (χ3v) is 4.66. The Morgan fingerprint density at radius 3 is 2.88 bits per heavy atom. The first kappa shape index (κ1) is 18.3. The molecule has 0 aliphatic carbocycles. The summed E-state index contributed by atoms with van der Waals surface area (Å²) in [6.45, 7) is 0.909. The van der Waals surface area contributed by atoms with Crippen LogP contribution in [-0.4, -0.2) is 33.6 Å². The quantitative estimate of drug-likeness (QED) is 0.806. The Kier molecular flexibility index (Phi) is 5.46. The number of ether oxygens (including phenoxy) is 1. The number of nitrogens with one attached hydrogen (secondary N) is 1. The van der Waals surface area contributed by atoms with Crippen LogP contribution in [0.1, 0.15) is 36.0 Å². The van der Waals surface area contributed by atoms with E-state index < -0.39 is 17.9 Å². The number of aryl methyl sites for hydroxylation is 2. The van der Waals surface area contributed by atoms with E-state index in [2.05, 4.69) is 14.9 Å². The third-order valence-electron chi connectivity index (χ3n) is 4.36. The highest BCUT2D eigenvalue weighted by Gasteiger charge is 2.24. The molecule has 1 aliphatic heterocycles. The second kappa shape index (κ2) is 7.78. The van der Waals surface area contributed by atoms with Crippen molar-refractivity contribution < 1.29 is 19.4 Å². The van der Waals surface area contributed by atoms with Crippen LogP contribution in [0, 0.1) is 0 Å². The molecule has 3 rings (SSSR count). The number of imidazole rings is 1. The van der Waals surface area contributed by atoms with Gasteiger partial charge in [-0.1, -0.05) is 17.7 Å². The zero-order valence-corrected chi connectivity index (χ0v) is 15.1. The van der Waals surface area contributed by atoms with E-state index in [1.165, 1.54) is 13.2 Å². The van der Waals surface area contributed by atoms with Crippen molar-refractivity contribution in [1.29, 1.82) is 0 Å². The van der Waals surface area contributed by atoms with Crippen LogP contribution in [0.4, 0.5) is 0 Å². The van der Waals surface area contributed by atoms with E-state index in [9.17, 15) is 14.7 Å². The van der Waals surface area contributed by atoms with Gasteiger partial charge in [0.05, 0.1) is 24.2 Å². The minimum atomic E-state index is -1.19. The second-order valence-electron chi connectivity index (χ2n) is 6.21. The first-order valence-electron chi connectivity index (χ1n) is 8.38. The number of hydrogen-bond donors (Lipinski definition) is 2. The number of rotatable bonds is 6. The smallest absolute Gasteiger partial charge is 0.330 e. The molecule has 1 aromatic carbocycles. The molecule has 1 aliphatic rings. The van der Waals surface area contributed by atoms with Crippen molar-refractivity contribution in [3.05, 3.63) is 46.5 Å². The zero-order valence-electron chi connectivity index (χ0n) is 14.4. The van der Waals surface area contributed by atoms with E-state index in [4.69, 9.17) is 16.3 Å². The predicted molar refractivity (Wildman–Crippen MR) is 95.4 cm³/mol. The molecule has 2 aromatic rings. The highest BCUT2D eigenvalue weighted by atomic mass is 35.5. The molecule has 2 N–H and O–H groups in total. The van der Waals surface area contributed by atoms with Gasteiger partial charge in [-0.05, 0) is 30.5 Å². The highest BCUT2D eigenvalue weighted by Crippen LogP contribution is 2.28. The molecule has 0 fully saturated rings. The fourth-order valence-corrected chi connectivity index (χ4v) is 3.35. The van der Waals surface area contributed by atoms with Crippen LogP contribution in [0.3, 0.4) is 0 Å². The molecular formula is C18H20ClN3O4. The van der Waals surface area contributed by atoms with Gasteiger partial charge < -0.3 is 19.7 Å². The molecule has 8 heteroatoms. The molecule has 0 saturated heterocycles. The number of aromatic nitrogens is 2. The molecule has 2 heterocycles. The molecule has 7 nitrogen and oxygen atoms in total. The molecule has 0 saturated carbocycles. The van der Waals surface area contributed by atoms with Gasteiger partial charge in [0.2, 0.25) is 5.91 Å². The summed E-state index contributed by atoms with van der Waals surface area (Å²) in [5.74, 6) is -0.145. The Labute approximate surface area is 155 Å². The number of carbonyl (C=O) groups is 2. The van der Waals surface area contributed by atoms with Gasteiger partial charge in [-0.3, -0.25) is 4.79 Å². The van der Waals surface area contributed by atoms with Gasteiger partial charge in [-0.25, -0.2) is 9.78 Å². The topological polar surface area (TPSA) is 93.5 Å². The summed E-state index contributed by atoms with van der Waals surface area (Å²) in [7, 11) is 1.47. The van der Waals surface area contributed by atoms with Crippen molar-refractivity contribution in [2.24, 2.45) is 0 Å². The second-order valence-corrected chi connectivity index (χ2v) is 6.62. The Bertz CT molecular complexity index is 810. The molecule has 1 aromatic heterocycles. The SMILES string of the molecule is COc1ccc(C(NC(=O)Cc2cn3c(n2)CCCC3)C(=O)O)cc1Cl. The number of carbonyl (C=O) groups excluding carboxylic acids is 1.